The fraction of sp³-hybridized carbons (Fsp3) is 0.263. The Labute approximate surface area is 158 Å². The van der Waals surface area contributed by atoms with E-state index in [2.05, 4.69) is 5.32 Å². The van der Waals surface area contributed by atoms with Crippen LogP contribution >= 0.6 is 12.4 Å². The number of hydrogen-bond acceptors (Lipinski definition) is 3. The molecule has 0 radical (unpaired) electrons. The first-order chi connectivity index (χ1) is 12.0. The van der Waals surface area contributed by atoms with Gasteiger partial charge in [0.25, 0.3) is 5.91 Å². The molecule has 140 valence electrons. The zero-order valence-corrected chi connectivity index (χ0v) is 15.5. The molecular weight excluding hydrogens is 357 g/mol. The first-order valence-corrected chi connectivity index (χ1v) is 7.99. The summed E-state index contributed by atoms with van der Waals surface area (Å²) in [5.41, 5.74) is 7.89. The third-order valence-electron chi connectivity index (χ3n) is 3.99. The van der Waals surface area contributed by atoms with Crippen molar-refractivity contribution in [3.05, 3.63) is 70.5 Å². The first kappa shape index (κ1) is 21.6. The molecule has 2 aromatic rings. The maximum Gasteiger partial charge on any atom is 0.254 e. The molecular formula is C19H23ClFN3O2. The van der Waals surface area contributed by atoms with Gasteiger partial charge >= 0.3 is 0 Å². The second kappa shape index (κ2) is 9.89. The molecule has 0 fully saturated rings. The Morgan fingerprint density at radius 3 is 2.46 bits per heavy atom. The highest BCUT2D eigenvalue weighted by Gasteiger charge is 2.25. The van der Waals surface area contributed by atoms with Crippen molar-refractivity contribution >= 4 is 24.1 Å². The fourth-order valence-electron chi connectivity index (χ4n) is 2.62. The summed E-state index contributed by atoms with van der Waals surface area (Å²) in [7, 11) is 1.39. The molecule has 1 unspecified atom stereocenters. The predicted molar refractivity (Wildman–Crippen MR) is 102 cm³/mol. The average Bonchev–Trinajstić information content (AvgIpc) is 2.62. The van der Waals surface area contributed by atoms with Gasteiger partial charge in [0.15, 0.2) is 6.10 Å². The largest absolute Gasteiger partial charge is 0.384 e. The van der Waals surface area contributed by atoms with Crippen molar-refractivity contribution in [2.24, 2.45) is 5.73 Å². The highest BCUT2D eigenvalue weighted by Crippen LogP contribution is 2.25. The molecule has 7 heteroatoms. The maximum atomic E-state index is 14.2. The van der Waals surface area contributed by atoms with Crippen LogP contribution in [0.1, 0.15) is 35.3 Å². The third-order valence-corrected chi connectivity index (χ3v) is 3.99. The molecule has 0 aliphatic rings. The zero-order chi connectivity index (χ0) is 18.4. The minimum atomic E-state index is -1.01. The summed E-state index contributed by atoms with van der Waals surface area (Å²) in [6.45, 7) is 2.17. The van der Waals surface area contributed by atoms with Gasteiger partial charge < -0.3 is 15.8 Å². The third kappa shape index (κ3) is 5.03. The van der Waals surface area contributed by atoms with Crippen LogP contribution in [0.15, 0.2) is 42.5 Å². The standard InChI is InChI=1S/C19H22FN3O2.ClH/c1-3-13-5-4-6-15(20)16(13)17(25-2)19(24)23-11-12-7-9-14(10-8-12)18(21)22;/h4-10,17H,3,11H2,1-2H3,(H3,21,22)(H,23,24);1H. The highest BCUT2D eigenvalue weighted by atomic mass is 35.5. The Bertz CT molecular complexity index is 766. The van der Waals surface area contributed by atoms with Crippen molar-refractivity contribution in [2.75, 3.05) is 7.11 Å². The number of hydrogen-bond donors (Lipinski definition) is 3. The second-order valence-electron chi connectivity index (χ2n) is 5.61. The number of nitrogens with two attached hydrogens (primary N) is 1. The van der Waals surface area contributed by atoms with Gasteiger partial charge in [-0.1, -0.05) is 43.3 Å². The van der Waals surface area contributed by atoms with Gasteiger partial charge in [-0.05, 0) is 23.6 Å². The van der Waals surface area contributed by atoms with Crippen LogP contribution in [0.3, 0.4) is 0 Å². The van der Waals surface area contributed by atoms with Crippen LogP contribution < -0.4 is 11.1 Å². The Hall–Kier alpha value is -2.44. The molecule has 2 aromatic carbocycles. The lowest BCUT2D eigenvalue weighted by molar-refractivity contribution is -0.131. The summed E-state index contributed by atoms with van der Waals surface area (Å²) in [5.74, 6) is -0.869. The van der Waals surface area contributed by atoms with Crippen LogP contribution in [0.25, 0.3) is 0 Å². The smallest absolute Gasteiger partial charge is 0.254 e. The Balaban J connectivity index is 0.00000338. The summed E-state index contributed by atoms with van der Waals surface area (Å²) in [4.78, 5) is 12.5. The number of rotatable bonds is 7. The number of ether oxygens (including phenoxy) is 1. The van der Waals surface area contributed by atoms with Crippen LogP contribution in [0, 0.1) is 11.2 Å². The summed E-state index contributed by atoms with van der Waals surface area (Å²) < 4.78 is 19.5. The SMILES string of the molecule is CCc1cccc(F)c1C(OC)C(=O)NCc1ccc(C(=N)N)cc1.Cl. The maximum absolute atomic E-state index is 14.2. The van der Waals surface area contributed by atoms with E-state index in [9.17, 15) is 9.18 Å². The summed E-state index contributed by atoms with van der Waals surface area (Å²) in [5, 5.41) is 10.1. The van der Waals surface area contributed by atoms with Gasteiger partial charge in [0.05, 0.1) is 0 Å². The number of aryl methyl sites for hydroxylation is 1. The van der Waals surface area contributed by atoms with Crippen LogP contribution in [0.2, 0.25) is 0 Å². The van der Waals surface area contributed by atoms with E-state index in [1.807, 2.05) is 6.92 Å². The zero-order valence-electron chi connectivity index (χ0n) is 14.7. The van der Waals surface area contributed by atoms with Gasteiger partial charge in [0, 0.05) is 24.8 Å². The van der Waals surface area contributed by atoms with Gasteiger partial charge in [0.2, 0.25) is 0 Å². The van der Waals surface area contributed by atoms with E-state index < -0.39 is 17.8 Å². The Morgan fingerprint density at radius 1 is 1.27 bits per heavy atom. The van der Waals surface area contributed by atoms with Crippen molar-refractivity contribution < 1.29 is 13.9 Å². The van der Waals surface area contributed by atoms with Gasteiger partial charge in [-0.2, -0.15) is 0 Å². The van der Waals surface area contributed by atoms with E-state index in [0.29, 0.717) is 12.0 Å². The lowest BCUT2D eigenvalue weighted by Crippen LogP contribution is -2.31. The van der Waals surface area contributed by atoms with E-state index in [4.69, 9.17) is 15.9 Å². The molecule has 0 saturated carbocycles. The molecule has 0 aromatic heterocycles. The molecule has 5 nitrogen and oxygen atoms in total. The average molecular weight is 380 g/mol. The Kier molecular flexibility index (Phi) is 8.22. The van der Waals surface area contributed by atoms with Crippen LogP contribution in [-0.2, 0) is 22.5 Å². The summed E-state index contributed by atoms with van der Waals surface area (Å²) >= 11 is 0. The minimum absolute atomic E-state index is 0. The topological polar surface area (TPSA) is 88.2 Å². The van der Waals surface area contributed by atoms with E-state index >= 15 is 0 Å². The van der Waals surface area contributed by atoms with Crippen LogP contribution in [0.4, 0.5) is 4.39 Å². The van der Waals surface area contributed by atoms with E-state index in [1.54, 1.807) is 36.4 Å². The summed E-state index contributed by atoms with van der Waals surface area (Å²) in [6, 6.07) is 11.7. The van der Waals surface area contributed by atoms with Crippen LogP contribution in [-0.4, -0.2) is 18.9 Å². The lowest BCUT2D eigenvalue weighted by atomic mass is 9.99. The van der Waals surface area contributed by atoms with E-state index in [1.165, 1.54) is 13.2 Å². The monoisotopic (exact) mass is 379 g/mol. The van der Waals surface area contributed by atoms with E-state index in [-0.39, 0.29) is 30.4 Å². The molecule has 0 aliphatic carbocycles. The minimum Gasteiger partial charge on any atom is -0.384 e. The number of amides is 1. The predicted octanol–water partition coefficient (Wildman–Crippen LogP) is 3.10. The number of amidine groups is 1. The molecule has 1 atom stereocenters. The molecule has 4 N–H and O–H groups in total. The van der Waals surface area contributed by atoms with E-state index in [0.717, 1.165) is 11.1 Å². The molecule has 2 rings (SSSR count). The number of halogens is 2. The lowest BCUT2D eigenvalue weighted by Gasteiger charge is -2.19. The van der Waals surface area contributed by atoms with Crippen molar-refractivity contribution in [3.63, 3.8) is 0 Å². The molecule has 0 saturated heterocycles. The molecule has 0 bridgehead atoms. The van der Waals surface area contributed by atoms with Crippen molar-refractivity contribution in [1.29, 1.82) is 5.41 Å². The van der Waals surface area contributed by atoms with Crippen molar-refractivity contribution in [3.8, 4) is 0 Å². The quantitative estimate of drug-likeness (QED) is 0.510. The number of nitrogens with one attached hydrogen (secondary N) is 2. The number of methoxy groups -OCH3 is 1. The Morgan fingerprint density at radius 2 is 1.92 bits per heavy atom. The molecule has 26 heavy (non-hydrogen) atoms. The summed E-state index contributed by atoms with van der Waals surface area (Å²) in [6.07, 6.45) is -0.403. The number of benzene rings is 2. The van der Waals surface area contributed by atoms with Crippen molar-refractivity contribution in [2.45, 2.75) is 26.0 Å². The van der Waals surface area contributed by atoms with Gasteiger partial charge in [-0.15, -0.1) is 12.4 Å². The highest BCUT2D eigenvalue weighted by molar-refractivity contribution is 5.94. The number of nitrogen functional groups attached to an aromatic ring is 1. The van der Waals surface area contributed by atoms with Crippen LogP contribution in [0.5, 0.6) is 0 Å². The number of carbonyl (C=O) groups excluding carboxylic acids is 1. The van der Waals surface area contributed by atoms with Crippen molar-refractivity contribution in [1.82, 2.24) is 5.32 Å². The molecule has 0 spiro atoms. The normalized spacial score (nSPS) is 11.3. The number of carbonyl (C=O) groups is 1. The van der Waals surface area contributed by atoms with Gasteiger partial charge in [-0.3, -0.25) is 10.2 Å². The molecule has 1 amide bonds. The molecule has 0 aliphatic heterocycles. The van der Waals surface area contributed by atoms with Gasteiger partial charge in [0.1, 0.15) is 11.7 Å². The second-order valence-corrected chi connectivity index (χ2v) is 5.61. The first-order valence-electron chi connectivity index (χ1n) is 7.99. The molecule has 0 heterocycles. The van der Waals surface area contributed by atoms with Gasteiger partial charge in [-0.25, -0.2) is 4.39 Å². The fourth-order valence-corrected chi connectivity index (χ4v) is 2.62.